The van der Waals surface area contributed by atoms with Gasteiger partial charge in [0.1, 0.15) is 0 Å². The molecule has 1 aromatic rings. The molecule has 0 radical (unpaired) electrons. The zero-order valence-electron chi connectivity index (χ0n) is 12.4. The van der Waals surface area contributed by atoms with Crippen LogP contribution in [0, 0.1) is 5.92 Å². The Balaban J connectivity index is 2.05. The first-order chi connectivity index (χ1) is 9.65. The van der Waals surface area contributed by atoms with Crippen LogP contribution in [0.3, 0.4) is 0 Å². The van der Waals surface area contributed by atoms with Crippen LogP contribution in [0.4, 0.5) is 0 Å². The van der Waals surface area contributed by atoms with E-state index >= 15 is 0 Å². The normalized spacial score (nSPS) is 16.6. The maximum atomic E-state index is 5.68. The van der Waals surface area contributed by atoms with Crippen LogP contribution in [0.25, 0.3) is 0 Å². The van der Waals surface area contributed by atoms with Crippen LogP contribution in [0.15, 0.2) is 22.7 Å². The molecule has 0 saturated heterocycles. The molecule has 1 aliphatic rings. The van der Waals surface area contributed by atoms with Crippen molar-refractivity contribution in [3.63, 3.8) is 0 Å². The molecule has 0 aliphatic heterocycles. The molecule has 3 nitrogen and oxygen atoms in total. The van der Waals surface area contributed by atoms with E-state index in [0.29, 0.717) is 12.6 Å². The van der Waals surface area contributed by atoms with Crippen LogP contribution in [0.5, 0.6) is 0 Å². The number of hydrogen-bond donors (Lipinski definition) is 1. The van der Waals surface area contributed by atoms with Gasteiger partial charge in [0.05, 0.1) is 6.61 Å². The van der Waals surface area contributed by atoms with Crippen molar-refractivity contribution in [1.29, 1.82) is 0 Å². The summed E-state index contributed by atoms with van der Waals surface area (Å²) in [5.41, 5.74) is 8.18. The first-order valence-electron chi connectivity index (χ1n) is 7.36. The van der Waals surface area contributed by atoms with Crippen molar-refractivity contribution >= 4 is 15.9 Å². The highest BCUT2D eigenvalue weighted by Gasteiger charge is 2.31. The lowest BCUT2D eigenvalue weighted by Crippen LogP contribution is -2.36. The highest BCUT2D eigenvalue weighted by atomic mass is 79.9. The minimum absolute atomic E-state index is 0.588. The van der Waals surface area contributed by atoms with Crippen LogP contribution < -0.4 is 5.73 Å². The van der Waals surface area contributed by atoms with Gasteiger partial charge in [-0.25, -0.2) is 0 Å². The topological polar surface area (TPSA) is 38.5 Å². The fraction of sp³-hybridized carbons (Fsp3) is 0.625. The van der Waals surface area contributed by atoms with E-state index in [1.807, 2.05) is 0 Å². The maximum absolute atomic E-state index is 5.68. The van der Waals surface area contributed by atoms with E-state index in [1.165, 1.54) is 24.0 Å². The monoisotopic (exact) mass is 340 g/mol. The van der Waals surface area contributed by atoms with E-state index in [1.54, 1.807) is 7.11 Å². The van der Waals surface area contributed by atoms with Gasteiger partial charge in [0.2, 0.25) is 0 Å². The second-order valence-electron chi connectivity index (χ2n) is 5.67. The number of methoxy groups -OCH3 is 1. The Morgan fingerprint density at radius 3 is 2.75 bits per heavy atom. The summed E-state index contributed by atoms with van der Waals surface area (Å²) in [5.74, 6) is 0.869. The molecule has 0 spiro atoms. The van der Waals surface area contributed by atoms with Crippen LogP contribution in [-0.4, -0.2) is 31.2 Å². The summed E-state index contributed by atoms with van der Waals surface area (Å²) in [4.78, 5) is 2.53. The summed E-state index contributed by atoms with van der Waals surface area (Å²) in [6.07, 6.45) is 2.75. The number of nitrogens with two attached hydrogens (primary N) is 1. The summed E-state index contributed by atoms with van der Waals surface area (Å²) in [6, 6.07) is 7.07. The summed E-state index contributed by atoms with van der Waals surface area (Å²) >= 11 is 3.67. The van der Waals surface area contributed by atoms with Crippen molar-refractivity contribution in [2.24, 2.45) is 11.7 Å². The van der Waals surface area contributed by atoms with Gasteiger partial charge in [-0.2, -0.15) is 0 Å². The Hall–Kier alpha value is -0.420. The van der Waals surface area contributed by atoms with Gasteiger partial charge >= 0.3 is 0 Å². The lowest BCUT2D eigenvalue weighted by atomic mass is 10.1. The summed E-state index contributed by atoms with van der Waals surface area (Å²) in [5, 5.41) is 0. The second kappa shape index (κ2) is 7.55. The summed E-state index contributed by atoms with van der Waals surface area (Å²) < 4.78 is 6.42. The van der Waals surface area contributed by atoms with Crippen molar-refractivity contribution in [2.45, 2.75) is 38.9 Å². The Bertz CT molecular complexity index is 434. The molecule has 1 aliphatic carbocycles. The zero-order chi connectivity index (χ0) is 14.5. The predicted octanol–water partition coefficient (Wildman–Crippen LogP) is 3.15. The lowest BCUT2D eigenvalue weighted by molar-refractivity contribution is 0.111. The quantitative estimate of drug-likeness (QED) is 0.789. The highest BCUT2D eigenvalue weighted by molar-refractivity contribution is 9.10. The van der Waals surface area contributed by atoms with E-state index in [-0.39, 0.29) is 0 Å². The van der Waals surface area contributed by atoms with Crippen LogP contribution in [0.2, 0.25) is 0 Å². The third-order valence-corrected chi connectivity index (χ3v) is 4.93. The number of benzene rings is 1. The van der Waals surface area contributed by atoms with Gasteiger partial charge in [-0.15, -0.1) is 0 Å². The average Bonchev–Trinajstić information content (AvgIpc) is 3.28. The minimum Gasteiger partial charge on any atom is -0.383 e. The van der Waals surface area contributed by atoms with Gasteiger partial charge in [0.25, 0.3) is 0 Å². The van der Waals surface area contributed by atoms with Crippen molar-refractivity contribution in [3.05, 3.63) is 33.8 Å². The summed E-state index contributed by atoms with van der Waals surface area (Å²) in [7, 11) is 1.77. The first kappa shape index (κ1) is 16.0. The number of nitrogens with zero attached hydrogens (tertiary/aromatic N) is 1. The molecule has 1 aromatic carbocycles. The highest BCUT2D eigenvalue weighted by Crippen LogP contribution is 2.36. The molecule has 1 unspecified atom stereocenters. The number of halogens is 1. The van der Waals surface area contributed by atoms with Crippen LogP contribution in [-0.2, 0) is 17.8 Å². The van der Waals surface area contributed by atoms with Crippen molar-refractivity contribution in [1.82, 2.24) is 4.90 Å². The molecule has 0 aromatic heterocycles. The standard InChI is InChI=1S/C16H25BrN2O/c1-12(14-5-6-14)19(7-8-20-2)11-15-4-3-13(10-18)9-16(15)17/h3-4,9,12,14H,5-8,10-11,18H2,1-2H3. The molecule has 1 atom stereocenters. The van der Waals surface area contributed by atoms with Crippen molar-refractivity contribution in [3.8, 4) is 0 Å². The molecule has 4 heteroatoms. The maximum Gasteiger partial charge on any atom is 0.0589 e. The van der Waals surface area contributed by atoms with Crippen molar-refractivity contribution < 1.29 is 4.74 Å². The number of ether oxygens (including phenoxy) is 1. The Labute approximate surface area is 130 Å². The Morgan fingerprint density at radius 1 is 1.45 bits per heavy atom. The van der Waals surface area contributed by atoms with Crippen molar-refractivity contribution in [2.75, 3.05) is 20.3 Å². The third kappa shape index (κ3) is 4.29. The fourth-order valence-corrected chi connectivity index (χ4v) is 3.13. The van der Waals surface area contributed by atoms with Gasteiger partial charge in [-0.3, -0.25) is 4.90 Å². The Morgan fingerprint density at radius 2 is 2.20 bits per heavy atom. The largest absolute Gasteiger partial charge is 0.383 e. The van der Waals surface area contributed by atoms with Crippen LogP contribution >= 0.6 is 15.9 Å². The van der Waals surface area contributed by atoms with Crippen LogP contribution in [0.1, 0.15) is 30.9 Å². The molecule has 0 bridgehead atoms. The van der Waals surface area contributed by atoms with Gasteiger partial charge in [0, 0.05) is 37.3 Å². The van der Waals surface area contributed by atoms with Gasteiger partial charge in [0.15, 0.2) is 0 Å². The van der Waals surface area contributed by atoms with E-state index in [0.717, 1.165) is 30.1 Å². The minimum atomic E-state index is 0.588. The molecule has 2 rings (SSSR count). The fourth-order valence-electron chi connectivity index (χ4n) is 2.58. The molecule has 1 saturated carbocycles. The number of hydrogen-bond acceptors (Lipinski definition) is 3. The van der Waals surface area contributed by atoms with Gasteiger partial charge in [-0.1, -0.05) is 28.1 Å². The van der Waals surface area contributed by atoms with E-state index in [4.69, 9.17) is 10.5 Å². The smallest absolute Gasteiger partial charge is 0.0589 e. The molecule has 112 valence electrons. The van der Waals surface area contributed by atoms with E-state index in [2.05, 4.69) is 46.0 Å². The first-order valence-corrected chi connectivity index (χ1v) is 8.15. The van der Waals surface area contributed by atoms with E-state index in [9.17, 15) is 0 Å². The van der Waals surface area contributed by atoms with E-state index < -0.39 is 0 Å². The van der Waals surface area contributed by atoms with Gasteiger partial charge < -0.3 is 10.5 Å². The van der Waals surface area contributed by atoms with Gasteiger partial charge in [-0.05, 0) is 42.9 Å². The summed E-state index contributed by atoms with van der Waals surface area (Å²) in [6.45, 7) is 5.67. The molecule has 0 heterocycles. The zero-order valence-corrected chi connectivity index (χ0v) is 14.0. The molecular weight excluding hydrogens is 316 g/mol. The second-order valence-corrected chi connectivity index (χ2v) is 6.53. The molecule has 2 N–H and O–H groups in total. The molecule has 0 amide bonds. The lowest BCUT2D eigenvalue weighted by Gasteiger charge is -2.29. The number of rotatable bonds is 8. The SMILES string of the molecule is COCCN(Cc1ccc(CN)cc1Br)C(C)C1CC1. The predicted molar refractivity (Wildman–Crippen MR) is 86.5 cm³/mol. The molecule has 20 heavy (non-hydrogen) atoms. The molecule has 1 fully saturated rings. The third-order valence-electron chi connectivity index (χ3n) is 4.19. The average molecular weight is 341 g/mol. The Kier molecular flexibility index (Phi) is 6.02. The molecular formula is C16H25BrN2O.